The standard InChI is InChI=1S/C15H23BrN4O2S/c1-11(22-13-7-4-6-12(16)10-13)14(21)18-19-15(23)17-8-5-9-20(2)3/h4,6-7,10-11H,5,8-9H2,1-3H3,(H,18,21)(H2,17,19,23)/t11-/m0/s1. The third-order valence-electron chi connectivity index (χ3n) is 2.85. The summed E-state index contributed by atoms with van der Waals surface area (Å²) in [6, 6.07) is 7.32. The summed E-state index contributed by atoms with van der Waals surface area (Å²) in [5, 5.41) is 3.40. The van der Waals surface area contributed by atoms with E-state index in [0.717, 1.165) is 24.0 Å². The average molecular weight is 403 g/mol. The van der Waals surface area contributed by atoms with Gasteiger partial charge in [0.1, 0.15) is 5.75 Å². The molecule has 8 heteroatoms. The Hall–Kier alpha value is -1.38. The molecule has 0 unspecified atom stereocenters. The number of hydrogen-bond donors (Lipinski definition) is 3. The van der Waals surface area contributed by atoms with Gasteiger partial charge in [-0.1, -0.05) is 22.0 Å². The largest absolute Gasteiger partial charge is 0.481 e. The molecule has 1 rings (SSSR count). The van der Waals surface area contributed by atoms with E-state index < -0.39 is 6.10 Å². The van der Waals surface area contributed by atoms with Gasteiger partial charge in [-0.25, -0.2) is 0 Å². The maximum absolute atomic E-state index is 12.0. The van der Waals surface area contributed by atoms with Crippen molar-refractivity contribution in [3.8, 4) is 5.75 Å². The Labute approximate surface area is 151 Å². The first kappa shape index (κ1) is 19.7. The molecule has 6 nitrogen and oxygen atoms in total. The van der Waals surface area contributed by atoms with Crippen molar-refractivity contribution in [3.05, 3.63) is 28.7 Å². The van der Waals surface area contributed by atoms with Crippen molar-refractivity contribution in [2.45, 2.75) is 19.4 Å². The highest BCUT2D eigenvalue weighted by Crippen LogP contribution is 2.18. The fourth-order valence-corrected chi connectivity index (χ4v) is 2.19. The molecule has 1 amide bonds. The van der Waals surface area contributed by atoms with Crippen LogP contribution in [0.2, 0.25) is 0 Å². The van der Waals surface area contributed by atoms with Crippen LogP contribution in [-0.2, 0) is 4.79 Å². The highest BCUT2D eigenvalue weighted by molar-refractivity contribution is 9.10. The van der Waals surface area contributed by atoms with E-state index >= 15 is 0 Å². The lowest BCUT2D eigenvalue weighted by atomic mass is 10.3. The lowest BCUT2D eigenvalue weighted by molar-refractivity contribution is -0.127. The summed E-state index contributed by atoms with van der Waals surface area (Å²) in [5.74, 6) is 0.314. The van der Waals surface area contributed by atoms with E-state index in [9.17, 15) is 4.79 Å². The van der Waals surface area contributed by atoms with Crippen molar-refractivity contribution in [2.24, 2.45) is 0 Å². The molecule has 0 saturated carbocycles. The second-order valence-corrected chi connectivity index (χ2v) is 6.57. The highest BCUT2D eigenvalue weighted by atomic mass is 79.9. The molecule has 128 valence electrons. The van der Waals surface area contributed by atoms with Gasteiger partial charge in [-0.05, 0) is 64.4 Å². The van der Waals surface area contributed by atoms with E-state index in [1.165, 1.54) is 0 Å². The number of benzene rings is 1. The van der Waals surface area contributed by atoms with Gasteiger partial charge in [-0.15, -0.1) is 0 Å². The normalized spacial score (nSPS) is 11.7. The number of halogens is 1. The monoisotopic (exact) mass is 402 g/mol. The van der Waals surface area contributed by atoms with E-state index in [-0.39, 0.29) is 5.91 Å². The molecule has 0 aliphatic rings. The number of carbonyl (C=O) groups excluding carboxylic acids is 1. The summed E-state index contributed by atoms with van der Waals surface area (Å²) >= 11 is 8.44. The predicted octanol–water partition coefficient (Wildman–Crippen LogP) is 1.66. The van der Waals surface area contributed by atoms with E-state index in [2.05, 4.69) is 37.0 Å². The first-order chi connectivity index (χ1) is 10.9. The van der Waals surface area contributed by atoms with Gasteiger partial charge in [0.05, 0.1) is 0 Å². The molecule has 0 bridgehead atoms. The molecule has 0 aromatic heterocycles. The number of ether oxygens (including phenoxy) is 1. The fourth-order valence-electron chi connectivity index (χ4n) is 1.66. The minimum Gasteiger partial charge on any atom is -0.481 e. The molecule has 3 N–H and O–H groups in total. The minimum absolute atomic E-state index is 0.303. The van der Waals surface area contributed by atoms with Crippen LogP contribution in [0.25, 0.3) is 0 Å². The Balaban J connectivity index is 2.25. The summed E-state index contributed by atoms with van der Waals surface area (Å²) < 4.78 is 6.46. The zero-order chi connectivity index (χ0) is 17.2. The van der Waals surface area contributed by atoms with Crippen LogP contribution in [0.4, 0.5) is 0 Å². The average Bonchev–Trinajstić information content (AvgIpc) is 2.49. The number of hydrazine groups is 1. The summed E-state index contributed by atoms with van der Waals surface area (Å²) in [5.41, 5.74) is 5.19. The van der Waals surface area contributed by atoms with Crippen molar-refractivity contribution < 1.29 is 9.53 Å². The van der Waals surface area contributed by atoms with Gasteiger partial charge in [0.15, 0.2) is 11.2 Å². The summed E-state index contributed by atoms with van der Waals surface area (Å²) in [7, 11) is 4.03. The van der Waals surface area contributed by atoms with Crippen LogP contribution in [0.1, 0.15) is 13.3 Å². The van der Waals surface area contributed by atoms with Gasteiger partial charge in [-0.2, -0.15) is 0 Å². The third-order valence-corrected chi connectivity index (χ3v) is 3.58. The number of nitrogens with zero attached hydrogens (tertiary/aromatic N) is 1. The van der Waals surface area contributed by atoms with Gasteiger partial charge >= 0.3 is 0 Å². The van der Waals surface area contributed by atoms with Gasteiger partial charge in [-0.3, -0.25) is 15.6 Å². The first-order valence-corrected chi connectivity index (χ1v) is 8.49. The van der Waals surface area contributed by atoms with Crippen LogP contribution in [0, 0.1) is 0 Å². The molecule has 1 aromatic rings. The number of hydrogen-bond acceptors (Lipinski definition) is 4. The van der Waals surface area contributed by atoms with Crippen molar-refractivity contribution >= 4 is 39.2 Å². The lowest BCUT2D eigenvalue weighted by Crippen LogP contribution is -2.50. The fraction of sp³-hybridized carbons (Fsp3) is 0.467. The minimum atomic E-state index is -0.645. The Morgan fingerprint density at radius 2 is 2.13 bits per heavy atom. The van der Waals surface area contributed by atoms with Crippen LogP contribution >= 0.6 is 28.1 Å². The van der Waals surface area contributed by atoms with Crippen LogP contribution in [0.3, 0.4) is 0 Å². The molecular weight excluding hydrogens is 380 g/mol. The lowest BCUT2D eigenvalue weighted by Gasteiger charge is -2.17. The smallest absolute Gasteiger partial charge is 0.279 e. The van der Waals surface area contributed by atoms with Crippen molar-refractivity contribution in [1.29, 1.82) is 0 Å². The first-order valence-electron chi connectivity index (χ1n) is 7.29. The van der Waals surface area contributed by atoms with Crippen molar-refractivity contribution in [3.63, 3.8) is 0 Å². The number of nitrogens with one attached hydrogen (secondary N) is 3. The predicted molar refractivity (Wildman–Crippen MR) is 99.3 cm³/mol. The molecule has 0 heterocycles. The Morgan fingerprint density at radius 1 is 1.39 bits per heavy atom. The molecular formula is C15H23BrN4O2S. The Bertz CT molecular complexity index is 528. The quantitative estimate of drug-likeness (QED) is 0.366. The Morgan fingerprint density at radius 3 is 2.78 bits per heavy atom. The maximum Gasteiger partial charge on any atom is 0.279 e. The second kappa shape index (κ2) is 10.4. The summed E-state index contributed by atoms with van der Waals surface area (Å²) in [6.07, 6.45) is 0.318. The van der Waals surface area contributed by atoms with Crippen LogP contribution < -0.4 is 20.9 Å². The van der Waals surface area contributed by atoms with Crippen molar-refractivity contribution in [1.82, 2.24) is 21.1 Å². The van der Waals surface area contributed by atoms with E-state index in [0.29, 0.717) is 10.9 Å². The SMILES string of the molecule is C[C@H](Oc1cccc(Br)c1)C(=O)NNC(=S)NCCCN(C)C. The van der Waals surface area contributed by atoms with E-state index in [1.807, 2.05) is 26.2 Å². The molecule has 23 heavy (non-hydrogen) atoms. The number of carbonyl (C=O) groups is 1. The molecule has 0 aliphatic heterocycles. The van der Waals surface area contributed by atoms with E-state index in [1.54, 1.807) is 19.1 Å². The number of thiocarbonyl (C=S) groups is 1. The van der Waals surface area contributed by atoms with Crippen LogP contribution in [0.5, 0.6) is 5.75 Å². The zero-order valence-electron chi connectivity index (χ0n) is 13.6. The van der Waals surface area contributed by atoms with Crippen LogP contribution in [0.15, 0.2) is 28.7 Å². The van der Waals surface area contributed by atoms with Gasteiger partial charge < -0.3 is 15.0 Å². The van der Waals surface area contributed by atoms with Gasteiger partial charge in [0.2, 0.25) is 0 Å². The highest BCUT2D eigenvalue weighted by Gasteiger charge is 2.14. The molecule has 1 atom stereocenters. The van der Waals surface area contributed by atoms with Gasteiger partial charge in [0, 0.05) is 11.0 Å². The molecule has 0 spiro atoms. The molecule has 1 aromatic carbocycles. The second-order valence-electron chi connectivity index (χ2n) is 5.24. The van der Waals surface area contributed by atoms with Crippen LogP contribution in [-0.4, -0.2) is 49.2 Å². The maximum atomic E-state index is 12.0. The van der Waals surface area contributed by atoms with E-state index in [4.69, 9.17) is 17.0 Å². The van der Waals surface area contributed by atoms with Crippen molar-refractivity contribution in [2.75, 3.05) is 27.2 Å². The molecule has 0 saturated heterocycles. The number of rotatable bonds is 7. The van der Waals surface area contributed by atoms with Gasteiger partial charge in [0.25, 0.3) is 5.91 Å². The molecule has 0 fully saturated rings. The number of amides is 1. The Kier molecular flexibility index (Phi) is 8.90. The summed E-state index contributed by atoms with van der Waals surface area (Å²) in [6.45, 7) is 3.38. The zero-order valence-corrected chi connectivity index (χ0v) is 16.0. The topological polar surface area (TPSA) is 65.6 Å². The third kappa shape index (κ3) is 8.73. The summed E-state index contributed by atoms with van der Waals surface area (Å²) in [4.78, 5) is 14.0. The molecule has 0 aliphatic carbocycles. The molecule has 0 radical (unpaired) electrons.